The molecule has 1 aromatic rings. The average molecular weight is 289 g/mol. The molecule has 0 fully saturated rings. The first-order valence-corrected chi connectivity index (χ1v) is 6.63. The Kier molecular flexibility index (Phi) is 4.89. The maximum absolute atomic E-state index is 12.3. The van der Waals surface area contributed by atoms with Crippen molar-refractivity contribution in [2.24, 2.45) is 15.8 Å². The lowest BCUT2D eigenvalue weighted by Gasteiger charge is -2.06. The summed E-state index contributed by atoms with van der Waals surface area (Å²) in [4.78, 5) is 16.3. The van der Waals surface area contributed by atoms with Crippen LogP contribution in [-0.4, -0.2) is 43.0 Å². The zero-order chi connectivity index (χ0) is 15.2. The summed E-state index contributed by atoms with van der Waals surface area (Å²) >= 11 is 0. The number of nitrogens with zero attached hydrogens (tertiary/aromatic N) is 3. The Morgan fingerprint density at radius 1 is 1.67 bits per heavy atom. The van der Waals surface area contributed by atoms with Crippen molar-refractivity contribution in [1.29, 1.82) is 0 Å². The van der Waals surface area contributed by atoms with Crippen LogP contribution in [-0.2, 0) is 17.6 Å². The quantitative estimate of drug-likeness (QED) is 0.582. The number of allylic oxidation sites excluding steroid dienone is 1. The van der Waals surface area contributed by atoms with Gasteiger partial charge in [0.2, 0.25) is 0 Å². The molecule has 0 bridgehead atoms. The Balaban J connectivity index is 2.32. The van der Waals surface area contributed by atoms with Gasteiger partial charge in [-0.3, -0.25) is 4.79 Å². The molecular weight excluding hydrogens is 270 g/mol. The molecule has 112 valence electrons. The lowest BCUT2D eigenvalue weighted by Crippen LogP contribution is -2.27. The van der Waals surface area contributed by atoms with E-state index in [9.17, 15) is 4.79 Å². The first-order valence-electron chi connectivity index (χ1n) is 6.63. The van der Waals surface area contributed by atoms with Crippen molar-refractivity contribution in [3.8, 4) is 0 Å². The van der Waals surface area contributed by atoms with Crippen molar-refractivity contribution >= 4 is 18.1 Å². The van der Waals surface area contributed by atoms with Crippen LogP contribution in [0.15, 0.2) is 28.9 Å². The third-order valence-corrected chi connectivity index (χ3v) is 3.13. The van der Waals surface area contributed by atoms with Gasteiger partial charge >= 0.3 is 0 Å². The molecule has 1 aromatic heterocycles. The van der Waals surface area contributed by atoms with Crippen LogP contribution in [0.5, 0.6) is 0 Å². The molecule has 0 aromatic carbocycles. The topological polar surface area (TPSA) is 94.0 Å². The highest BCUT2D eigenvalue weighted by Crippen LogP contribution is 2.21. The smallest absolute Gasteiger partial charge is 0.253 e. The number of methoxy groups -OCH3 is 1. The number of carbonyl (C=O) groups is 1. The van der Waals surface area contributed by atoms with Crippen molar-refractivity contribution in [1.82, 2.24) is 9.99 Å². The Hall–Kier alpha value is -2.41. The van der Waals surface area contributed by atoms with Gasteiger partial charge in [-0.2, -0.15) is 5.10 Å². The highest BCUT2D eigenvalue weighted by atomic mass is 16.5. The van der Waals surface area contributed by atoms with E-state index in [0.717, 1.165) is 11.3 Å². The summed E-state index contributed by atoms with van der Waals surface area (Å²) in [5.41, 5.74) is 8.11. The molecule has 0 aliphatic carbocycles. The van der Waals surface area contributed by atoms with Crippen molar-refractivity contribution in [2.75, 3.05) is 20.3 Å². The third kappa shape index (κ3) is 3.38. The molecule has 1 amide bonds. The molecule has 7 nitrogen and oxygen atoms in total. The third-order valence-electron chi connectivity index (χ3n) is 3.13. The molecule has 0 radical (unpaired) electrons. The molecule has 2 rings (SSSR count). The summed E-state index contributed by atoms with van der Waals surface area (Å²) in [6, 6.07) is 0. The number of nitrogens with one attached hydrogen (secondary N) is 1. The number of aromatic nitrogens is 1. The molecule has 0 saturated carbocycles. The van der Waals surface area contributed by atoms with E-state index in [-0.39, 0.29) is 5.91 Å². The molecule has 1 aliphatic heterocycles. The van der Waals surface area contributed by atoms with Gasteiger partial charge < -0.3 is 15.8 Å². The number of ether oxygens (including phenoxy) is 1. The van der Waals surface area contributed by atoms with E-state index in [2.05, 4.69) is 22.0 Å². The van der Waals surface area contributed by atoms with Crippen LogP contribution < -0.4 is 11.1 Å². The minimum Gasteiger partial charge on any atom is -0.387 e. The molecule has 7 heteroatoms. The maximum Gasteiger partial charge on any atom is 0.253 e. The largest absolute Gasteiger partial charge is 0.387 e. The summed E-state index contributed by atoms with van der Waals surface area (Å²) in [5, 5.41) is 6.97. The lowest BCUT2D eigenvalue weighted by atomic mass is 10.0. The van der Waals surface area contributed by atoms with Gasteiger partial charge in [0.15, 0.2) is 0 Å². The lowest BCUT2D eigenvalue weighted by molar-refractivity contribution is 0.0936. The van der Waals surface area contributed by atoms with Crippen LogP contribution in [0.2, 0.25) is 0 Å². The summed E-state index contributed by atoms with van der Waals surface area (Å²) in [6.45, 7) is 4.66. The van der Waals surface area contributed by atoms with Crippen LogP contribution in [0, 0.1) is 0 Å². The van der Waals surface area contributed by atoms with Crippen molar-refractivity contribution in [3.05, 3.63) is 35.7 Å². The predicted molar refractivity (Wildman–Crippen MR) is 81.8 cm³/mol. The molecule has 0 spiro atoms. The molecule has 21 heavy (non-hydrogen) atoms. The number of hydrogen-bond acceptors (Lipinski definition) is 5. The van der Waals surface area contributed by atoms with Gasteiger partial charge in [-0.15, -0.1) is 6.58 Å². The second kappa shape index (κ2) is 6.85. The standard InChI is InChI=1S/C14H19N5O2/c1-3-4-10-11(14(20)16-5-6-21-2)8-19-12(10)7-13(15)17-9-18-19/h3,8-9H,1,4-7H2,2H3,(H,16,20)(H2,15,17,18). The van der Waals surface area contributed by atoms with Crippen LogP contribution >= 0.6 is 0 Å². The number of amides is 1. The maximum atomic E-state index is 12.3. The van der Waals surface area contributed by atoms with Gasteiger partial charge in [-0.1, -0.05) is 6.08 Å². The van der Waals surface area contributed by atoms with Gasteiger partial charge in [0, 0.05) is 26.3 Å². The first kappa shape index (κ1) is 15.0. The number of rotatable bonds is 6. The Bertz CT molecular complexity index is 601. The summed E-state index contributed by atoms with van der Waals surface area (Å²) in [6.07, 6.45) is 5.85. The summed E-state index contributed by atoms with van der Waals surface area (Å²) < 4.78 is 6.57. The van der Waals surface area contributed by atoms with E-state index in [4.69, 9.17) is 10.5 Å². The van der Waals surface area contributed by atoms with Crippen molar-refractivity contribution in [3.63, 3.8) is 0 Å². The van der Waals surface area contributed by atoms with Gasteiger partial charge in [-0.05, 0) is 12.0 Å². The number of fused-ring (bicyclic) bond motifs is 1. The van der Waals surface area contributed by atoms with E-state index in [1.54, 1.807) is 24.1 Å². The molecule has 1 aliphatic rings. The monoisotopic (exact) mass is 289 g/mol. The van der Waals surface area contributed by atoms with Crippen LogP contribution in [0.1, 0.15) is 21.6 Å². The fourth-order valence-electron chi connectivity index (χ4n) is 2.17. The Morgan fingerprint density at radius 2 is 2.48 bits per heavy atom. The minimum atomic E-state index is -0.157. The highest BCUT2D eigenvalue weighted by molar-refractivity contribution is 5.97. The van der Waals surface area contributed by atoms with Gasteiger partial charge in [0.05, 0.1) is 17.9 Å². The molecule has 3 N–H and O–H groups in total. The van der Waals surface area contributed by atoms with Crippen molar-refractivity contribution < 1.29 is 9.53 Å². The number of nitrogens with two attached hydrogens (primary N) is 1. The van der Waals surface area contributed by atoms with Crippen LogP contribution in [0.25, 0.3) is 0 Å². The molecular formula is C14H19N5O2. The van der Waals surface area contributed by atoms with Gasteiger partial charge in [0.25, 0.3) is 5.91 Å². The zero-order valence-corrected chi connectivity index (χ0v) is 12.0. The minimum absolute atomic E-state index is 0.157. The molecule has 0 atom stereocenters. The Morgan fingerprint density at radius 3 is 3.19 bits per heavy atom. The summed E-state index contributed by atoms with van der Waals surface area (Å²) in [5.74, 6) is 0.308. The Labute approximate surface area is 123 Å². The zero-order valence-electron chi connectivity index (χ0n) is 12.0. The van der Waals surface area contributed by atoms with Gasteiger partial charge in [0.1, 0.15) is 12.2 Å². The van der Waals surface area contributed by atoms with Crippen molar-refractivity contribution in [2.45, 2.75) is 12.8 Å². The molecule has 2 heterocycles. The average Bonchev–Trinajstić information content (AvgIpc) is 2.67. The van der Waals surface area contributed by atoms with E-state index in [1.165, 1.54) is 6.34 Å². The summed E-state index contributed by atoms with van der Waals surface area (Å²) in [7, 11) is 1.59. The molecule has 0 saturated heterocycles. The first-order chi connectivity index (χ1) is 10.2. The second-order valence-electron chi connectivity index (χ2n) is 4.58. The number of carbonyl (C=O) groups excluding carboxylic acids is 1. The highest BCUT2D eigenvalue weighted by Gasteiger charge is 2.21. The fraction of sp³-hybridized carbons (Fsp3) is 0.357. The van der Waals surface area contributed by atoms with Crippen LogP contribution in [0.4, 0.5) is 0 Å². The number of amidine groups is 1. The second-order valence-corrected chi connectivity index (χ2v) is 4.58. The van der Waals surface area contributed by atoms with E-state index in [1.807, 2.05) is 0 Å². The SMILES string of the molecule is C=CCc1c(C(=O)NCCOC)cn2c1CC(N)=NC=N2. The van der Waals surface area contributed by atoms with E-state index < -0.39 is 0 Å². The number of hydrogen-bond donors (Lipinski definition) is 2. The normalized spacial score (nSPS) is 13.3. The predicted octanol–water partition coefficient (Wildman–Crippen LogP) is 0.298. The van der Waals surface area contributed by atoms with E-state index in [0.29, 0.717) is 37.4 Å². The van der Waals surface area contributed by atoms with Crippen LogP contribution in [0.3, 0.4) is 0 Å². The van der Waals surface area contributed by atoms with Gasteiger partial charge in [-0.25, -0.2) is 9.67 Å². The molecule has 0 unspecified atom stereocenters. The number of aliphatic imine (C=N–C) groups is 1. The fourth-order valence-corrected chi connectivity index (χ4v) is 2.17. The van der Waals surface area contributed by atoms with E-state index >= 15 is 0 Å².